The molecule has 6 nitrogen and oxygen atoms in total. The number of aromatic nitrogens is 2. The predicted molar refractivity (Wildman–Crippen MR) is 78.6 cm³/mol. The first kappa shape index (κ1) is 13.1. The number of carbonyl (C=O) groups excluding carboxylic acids is 1. The minimum Gasteiger partial charge on any atom is -0.465 e. The SMILES string of the molecule is O=C(Cc1oc2ccccc2c2n[nH]c(=O)c1-2)OCC1CC1. The van der Waals surface area contributed by atoms with E-state index < -0.39 is 0 Å². The number of carbonyl (C=O) groups is 1. The molecule has 22 heavy (non-hydrogen) atoms. The molecule has 1 aromatic rings. The molecule has 6 heteroatoms. The zero-order valence-electron chi connectivity index (χ0n) is 11.8. The molecule has 0 spiro atoms. The standard InChI is InChI=1S/C16H14N2O4/c19-13(21-8-9-5-6-9)7-12-14-15(17-18-16(14)20)10-3-1-2-4-11(10)22-12/h1-4,9H,5-8H2,(H,18,20). The van der Waals surface area contributed by atoms with Crippen molar-refractivity contribution in [3.63, 3.8) is 0 Å². The monoisotopic (exact) mass is 298 g/mol. The number of nitrogens with one attached hydrogen (secondary N) is 1. The number of H-pyrrole nitrogens is 1. The number of rotatable bonds is 4. The fourth-order valence-corrected chi connectivity index (χ4v) is 2.52. The first-order chi connectivity index (χ1) is 10.7. The van der Waals surface area contributed by atoms with Crippen LogP contribution < -0.4 is 5.56 Å². The summed E-state index contributed by atoms with van der Waals surface area (Å²) in [4.78, 5) is 23.9. The zero-order valence-corrected chi connectivity index (χ0v) is 11.8. The van der Waals surface area contributed by atoms with Crippen LogP contribution in [0.25, 0.3) is 22.2 Å². The van der Waals surface area contributed by atoms with Gasteiger partial charge in [0.1, 0.15) is 29.0 Å². The van der Waals surface area contributed by atoms with E-state index in [1.807, 2.05) is 18.2 Å². The quantitative estimate of drug-likeness (QED) is 0.746. The summed E-state index contributed by atoms with van der Waals surface area (Å²) in [5, 5.41) is 7.22. The van der Waals surface area contributed by atoms with Gasteiger partial charge in [-0.2, -0.15) is 5.10 Å². The Morgan fingerprint density at radius 2 is 2.18 bits per heavy atom. The van der Waals surface area contributed by atoms with Crippen LogP contribution in [0.2, 0.25) is 0 Å². The molecule has 2 heterocycles. The Hall–Kier alpha value is -2.63. The van der Waals surface area contributed by atoms with Gasteiger partial charge in [0.05, 0.1) is 6.61 Å². The van der Waals surface area contributed by atoms with Crippen molar-refractivity contribution in [2.45, 2.75) is 19.3 Å². The molecule has 0 aromatic heterocycles. The van der Waals surface area contributed by atoms with Gasteiger partial charge in [0.25, 0.3) is 5.56 Å². The van der Waals surface area contributed by atoms with E-state index in [0.717, 1.165) is 18.2 Å². The second kappa shape index (κ2) is 4.98. The summed E-state index contributed by atoms with van der Waals surface area (Å²) in [5.74, 6) is 0.419. The molecule has 1 aliphatic carbocycles. The van der Waals surface area contributed by atoms with E-state index in [0.29, 0.717) is 35.1 Å². The van der Waals surface area contributed by atoms with Gasteiger partial charge in [-0.15, -0.1) is 0 Å². The summed E-state index contributed by atoms with van der Waals surface area (Å²) in [6.45, 7) is 0.450. The number of esters is 1. The Kier molecular flexibility index (Phi) is 2.96. The van der Waals surface area contributed by atoms with E-state index in [1.54, 1.807) is 6.07 Å². The van der Waals surface area contributed by atoms with Gasteiger partial charge in [-0.05, 0) is 30.9 Å². The summed E-state index contributed by atoms with van der Waals surface area (Å²) in [6.07, 6.45) is 2.16. The molecule has 0 radical (unpaired) electrons. The van der Waals surface area contributed by atoms with Gasteiger partial charge >= 0.3 is 5.97 Å². The van der Waals surface area contributed by atoms with Crippen LogP contribution in [-0.4, -0.2) is 22.8 Å². The van der Waals surface area contributed by atoms with Crippen LogP contribution in [0.5, 0.6) is 0 Å². The van der Waals surface area contributed by atoms with Crippen molar-refractivity contribution in [2.24, 2.45) is 5.92 Å². The molecule has 0 bridgehead atoms. The van der Waals surface area contributed by atoms with E-state index in [1.165, 1.54) is 0 Å². The van der Waals surface area contributed by atoms with Crippen molar-refractivity contribution in [3.8, 4) is 11.3 Å². The van der Waals surface area contributed by atoms with E-state index >= 15 is 0 Å². The predicted octanol–water partition coefficient (Wildman–Crippen LogP) is 2.12. The molecule has 1 N–H and O–H groups in total. The highest BCUT2D eigenvalue weighted by Gasteiger charge is 2.26. The smallest absolute Gasteiger partial charge is 0.313 e. The third kappa shape index (κ3) is 2.26. The maximum atomic E-state index is 12.0. The van der Waals surface area contributed by atoms with Gasteiger partial charge in [0.15, 0.2) is 0 Å². The second-order valence-electron chi connectivity index (χ2n) is 5.60. The van der Waals surface area contributed by atoms with Crippen LogP contribution in [-0.2, 0) is 16.0 Å². The van der Waals surface area contributed by atoms with Gasteiger partial charge in [0, 0.05) is 5.39 Å². The van der Waals surface area contributed by atoms with Gasteiger partial charge in [-0.1, -0.05) is 12.1 Å². The summed E-state index contributed by atoms with van der Waals surface area (Å²) < 4.78 is 11.0. The number of aromatic amines is 1. The van der Waals surface area contributed by atoms with Crippen LogP contribution in [0.15, 0.2) is 33.5 Å². The molecule has 112 valence electrons. The number of hydrogen-bond acceptors (Lipinski definition) is 5. The van der Waals surface area contributed by atoms with E-state index in [-0.39, 0.29) is 17.9 Å². The molecule has 1 aromatic carbocycles. The molecule has 1 saturated carbocycles. The van der Waals surface area contributed by atoms with E-state index in [2.05, 4.69) is 10.2 Å². The summed E-state index contributed by atoms with van der Waals surface area (Å²) in [6, 6.07) is 7.29. The minimum atomic E-state index is -0.382. The Morgan fingerprint density at radius 1 is 1.36 bits per heavy atom. The molecular weight excluding hydrogens is 284 g/mol. The third-order valence-electron chi connectivity index (χ3n) is 3.87. The number of nitrogens with zero attached hydrogens (tertiary/aromatic N) is 1. The van der Waals surface area contributed by atoms with Gasteiger partial charge in [-0.25, -0.2) is 5.10 Å². The van der Waals surface area contributed by atoms with E-state index in [9.17, 15) is 9.59 Å². The Balaban J connectivity index is 1.72. The Labute approximate surface area is 125 Å². The number of para-hydroxylation sites is 1. The van der Waals surface area contributed by atoms with Crippen LogP contribution in [0.4, 0.5) is 0 Å². The average Bonchev–Trinajstić information content (AvgIpc) is 3.27. The molecule has 4 rings (SSSR count). The first-order valence-corrected chi connectivity index (χ1v) is 7.27. The highest BCUT2D eigenvalue weighted by atomic mass is 16.5. The molecule has 0 saturated heterocycles. The maximum Gasteiger partial charge on any atom is 0.313 e. The third-order valence-corrected chi connectivity index (χ3v) is 3.87. The zero-order chi connectivity index (χ0) is 15.1. The van der Waals surface area contributed by atoms with Gasteiger partial charge in [-0.3, -0.25) is 9.59 Å². The van der Waals surface area contributed by atoms with Crippen LogP contribution in [0.3, 0.4) is 0 Å². The fraction of sp³-hybridized carbons (Fsp3) is 0.312. The summed E-state index contributed by atoms with van der Waals surface area (Å²) >= 11 is 0. The Bertz CT molecular complexity index is 875. The average molecular weight is 298 g/mol. The lowest BCUT2D eigenvalue weighted by Crippen LogP contribution is -2.13. The lowest BCUT2D eigenvalue weighted by atomic mass is 10.1. The van der Waals surface area contributed by atoms with Crippen molar-refractivity contribution < 1.29 is 13.9 Å². The van der Waals surface area contributed by atoms with Crippen LogP contribution in [0.1, 0.15) is 18.6 Å². The lowest BCUT2D eigenvalue weighted by molar-refractivity contribution is -0.143. The van der Waals surface area contributed by atoms with Crippen molar-refractivity contribution in [1.29, 1.82) is 0 Å². The Morgan fingerprint density at radius 3 is 3.00 bits per heavy atom. The van der Waals surface area contributed by atoms with Crippen LogP contribution >= 0.6 is 0 Å². The maximum absolute atomic E-state index is 12.0. The topological polar surface area (TPSA) is 85.2 Å². The van der Waals surface area contributed by atoms with Crippen LogP contribution in [0, 0.1) is 5.92 Å². The molecule has 0 atom stereocenters. The molecule has 2 aliphatic heterocycles. The first-order valence-electron chi connectivity index (χ1n) is 7.27. The molecule has 0 unspecified atom stereocenters. The summed E-state index contributed by atoms with van der Waals surface area (Å²) in [5.41, 5.74) is 1.08. The number of hydrogen-bond donors (Lipinski definition) is 1. The number of benzene rings is 1. The van der Waals surface area contributed by atoms with Crippen molar-refractivity contribution >= 4 is 16.9 Å². The minimum absolute atomic E-state index is 0.0666. The molecule has 3 aliphatic rings. The van der Waals surface area contributed by atoms with Gasteiger partial charge < -0.3 is 9.15 Å². The molecule has 0 amide bonds. The van der Waals surface area contributed by atoms with Crippen molar-refractivity contribution in [2.75, 3.05) is 6.61 Å². The van der Waals surface area contributed by atoms with Gasteiger partial charge in [0.2, 0.25) is 0 Å². The normalized spacial score (nSPS) is 14.5. The largest absolute Gasteiger partial charge is 0.465 e. The van der Waals surface area contributed by atoms with E-state index in [4.69, 9.17) is 9.15 Å². The van der Waals surface area contributed by atoms with Crippen molar-refractivity contribution in [1.82, 2.24) is 10.2 Å². The molecular formula is C16H14N2O4. The number of fused-ring (bicyclic) bond motifs is 3. The summed E-state index contributed by atoms with van der Waals surface area (Å²) in [7, 11) is 0. The second-order valence-corrected chi connectivity index (χ2v) is 5.60. The highest BCUT2D eigenvalue weighted by molar-refractivity contribution is 5.93. The molecule has 1 fully saturated rings. The van der Waals surface area contributed by atoms with Crippen molar-refractivity contribution in [3.05, 3.63) is 40.4 Å². The highest BCUT2D eigenvalue weighted by Crippen LogP contribution is 2.31. The fourth-order valence-electron chi connectivity index (χ4n) is 2.52. The lowest BCUT2D eigenvalue weighted by Gasteiger charge is -2.08. The number of ether oxygens (including phenoxy) is 1.